The summed E-state index contributed by atoms with van der Waals surface area (Å²) >= 11 is -1.60. The smallest absolute Gasteiger partial charge is 0.145 e. The first-order valence-corrected chi connectivity index (χ1v) is 42.9. The van der Waals surface area contributed by atoms with Crippen LogP contribution in [0.15, 0.2) is 45.2 Å². The highest BCUT2D eigenvalue weighted by atomic mass is 127. The zero-order valence-corrected chi connectivity index (χ0v) is 53.2. The molecule has 0 fully saturated rings. The summed E-state index contributed by atoms with van der Waals surface area (Å²) in [6.07, 6.45) is 0. The van der Waals surface area contributed by atoms with Crippen LogP contribution in [0.4, 0.5) is 0 Å². The van der Waals surface area contributed by atoms with E-state index in [4.69, 9.17) is 8.83 Å². The molecular weight excluding hydrogens is 1940 g/mol. The van der Waals surface area contributed by atoms with Crippen molar-refractivity contribution in [3.8, 4) is 11.1 Å². The fraction of sp³-hybridized carbons (Fsp3) is 0.0233. The van der Waals surface area contributed by atoms with Crippen molar-refractivity contribution >= 4 is 340 Å². The summed E-state index contributed by atoms with van der Waals surface area (Å²) in [6, 6.07) is 13.5. The normalized spacial score (nSPS) is 12.1. The first kappa shape index (κ1) is 44.8. The van der Waals surface area contributed by atoms with Crippen LogP contribution in [-0.4, -0.2) is 45.1 Å². The number of aryl methyl sites for hydroxylation is 1. The lowest BCUT2D eigenvalue weighted by molar-refractivity contribution is 0.671. The molecule has 56 heavy (non-hydrogen) atoms. The van der Waals surface area contributed by atoms with Crippen LogP contribution in [0.25, 0.3) is 76.5 Å². The van der Waals surface area contributed by atoms with Gasteiger partial charge >= 0.3 is 0 Å². The van der Waals surface area contributed by atoms with Gasteiger partial charge < -0.3 is 8.83 Å². The van der Waals surface area contributed by atoms with Crippen LogP contribution in [-0.2, 0) is 0 Å². The van der Waals surface area contributed by atoms with Gasteiger partial charge in [0.2, 0.25) is 0 Å². The maximum absolute atomic E-state index is 7.10. The molecule has 0 saturated heterocycles. The van der Waals surface area contributed by atoms with Crippen molar-refractivity contribution in [1.29, 1.82) is 0 Å². The third kappa shape index (κ3) is 7.01. The maximum Gasteiger partial charge on any atom is 0.145 e. The van der Waals surface area contributed by atoms with Crippen molar-refractivity contribution < 1.29 is 8.83 Å². The number of benzene rings is 6. The van der Waals surface area contributed by atoms with Gasteiger partial charge in [0, 0.05) is 82.4 Å². The Morgan fingerprint density at radius 3 is 1.21 bits per heavy atom. The SMILES string of the molecule is C=Ic1c(I=C)c(I)c2c(c(C)c(I=C)c3c4ccc(-c5ccc6c(c5)oc5c7c(I=C)c(I=C)c(I=C)c(I=C)c7c(I=C)c(I=C)c65)cc4oc23)c1I=C. The van der Waals surface area contributed by atoms with E-state index in [2.05, 4.69) is 111 Å². The fourth-order valence-electron chi connectivity index (χ4n) is 7.37. The van der Waals surface area contributed by atoms with Crippen molar-refractivity contribution in [1.82, 2.24) is 0 Å². The van der Waals surface area contributed by atoms with Gasteiger partial charge in [-0.3, -0.25) is 0 Å². The summed E-state index contributed by atoms with van der Waals surface area (Å²) in [6.45, 7) is 2.31. The predicted octanol–water partition coefficient (Wildman–Crippen LogP) is 16.1. The summed E-state index contributed by atoms with van der Waals surface area (Å²) in [5.74, 6) is 0. The molecular formula is C43H29I11O2. The highest BCUT2D eigenvalue weighted by Crippen LogP contribution is 2.51. The van der Waals surface area contributed by atoms with Crippen molar-refractivity contribution in [2.24, 2.45) is 0 Å². The minimum Gasteiger partial charge on any atom is -0.455 e. The lowest BCUT2D eigenvalue weighted by Gasteiger charge is -2.17. The van der Waals surface area contributed by atoms with Gasteiger partial charge in [-0.1, -0.05) is 265 Å². The molecule has 0 spiro atoms. The molecule has 13 heteroatoms. The highest BCUT2D eigenvalue weighted by Gasteiger charge is 2.27. The van der Waals surface area contributed by atoms with E-state index in [9.17, 15) is 0 Å². The summed E-state index contributed by atoms with van der Waals surface area (Å²) in [7, 11) is 0. The molecule has 0 bridgehead atoms. The highest BCUT2D eigenvalue weighted by molar-refractivity contribution is 14.2. The summed E-state index contributed by atoms with van der Waals surface area (Å²) in [4.78, 5) is 0. The third-order valence-corrected chi connectivity index (χ3v) is 36.6. The van der Waals surface area contributed by atoms with Crippen LogP contribution in [0, 0.1) is 46.2 Å². The minimum atomic E-state index is -0.489. The number of furan rings is 2. The van der Waals surface area contributed by atoms with Gasteiger partial charge in [0.05, 0.1) is 0 Å². The van der Waals surface area contributed by atoms with E-state index in [0.717, 1.165) is 33.5 Å². The predicted molar refractivity (Wildman–Crippen MR) is 357 cm³/mol. The van der Waals surface area contributed by atoms with Gasteiger partial charge in [-0.05, 0) is 70.5 Å². The van der Waals surface area contributed by atoms with E-state index < -0.39 is 145 Å². The molecule has 6 aromatic carbocycles. The number of halogens is 11. The monoisotopic (exact) mass is 1970 g/mol. The van der Waals surface area contributed by atoms with Crippen molar-refractivity contribution in [3.63, 3.8) is 0 Å². The van der Waals surface area contributed by atoms with E-state index in [0.29, 0.717) is 0 Å². The second-order valence-electron chi connectivity index (χ2n) is 11.9. The van der Waals surface area contributed by atoms with Crippen LogP contribution < -0.4 is 0 Å². The molecule has 0 amide bonds. The topological polar surface area (TPSA) is 26.3 Å². The Morgan fingerprint density at radius 1 is 0.393 bits per heavy atom. The molecule has 2 nitrogen and oxygen atoms in total. The van der Waals surface area contributed by atoms with Gasteiger partial charge in [-0.2, -0.15) is 0 Å². The Balaban J connectivity index is 1.44. The number of rotatable bonds is 11. The van der Waals surface area contributed by atoms with Crippen LogP contribution in [0.3, 0.4) is 0 Å². The molecule has 8 aromatic rings. The number of hydrogen-bond acceptors (Lipinski definition) is 2. The number of fused-ring (bicyclic) bond motifs is 10. The molecule has 2 aromatic heterocycles. The van der Waals surface area contributed by atoms with Crippen LogP contribution in [0.1, 0.15) is 5.56 Å². The van der Waals surface area contributed by atoms with Crippen LogP contribution in [0.2, 0.25) is 0 Å². The van der Waals surface area contributed by atoms with E-state index in [1.54, 1.807) is 0 Å². The van der Waals surface area contributed by atoms with Gasteiger partial charge in [-0.25, -0.2) is 0 Å². The van der Waals surface area contributed by atoms with E-state index in [1.165, 1.54) is 87.9 Å². The third-order valence-electron chi connectivity index (χ3n) is 9.59. The molecule has 0 saturated carbocycles. The van der Waals surface area contributed by atoms with Gasteiger partial charge in [0.15, 0.2) is 0 Å². The van der Waals surface area contributed by atoms with Crippen LogP contribution >= 0.6 is 230 Å². The van der Waals surface area contributed by atoms with Crippen molar-refractivity contribution in [2.45, 2.75) is 6.92 Å². The molecule has 0 radical (unpaired) electrons. The zero-order chi connectivity index (χ0) is 39.7. The quantitative estimate of drug-likeness (QED) is 0.0733. The Kier molecular flexibility index (Phi) is 15.0. The van der Waals surface area contributed by atoms with Gasteiger partial charge in [-0.15, -0.1) is 0 Å². The molecule has 2 heterocycles. The summed E-state index contributed by atoms with van der Waals surface area (Å²) in [5.41, 5.74) is 7.43. The van der Waals surface area contributed by atoms with E-state index in [-0.39, 0.29) is 62.2 Å². The number of hydrogen-bond donors (Lipinski definition) is 0. The molecule has 8 rings (SSSR count). The molecule has 290 valence electrons. The van der Waals surface area contributed by atoms with Crippen LogP contribution in [0.5, 0.6) is 0 Å². The Hall–Kier alpha value is 2.17. The lowest BCUT2D eigenvalue weighted by atomic mass is 9.99. The fourth-order valence-corrected chi connectivity index (χ4v) is 37.6. The van der Waals surface area contributed by atoms with Gasteiger partial charge in [0.1, 0.15) is 22.3 Å². The second-order valence-corrected chi connectivity index (χ2v) is 31.4. The van der Waals surface area contributed by atoms with E-state index in [1.807, 2.05) is 0 Å². The molecule has 0 unspecified atom stereocenters. The first-order chi connectivity index (χ1) is 27.2. The maximum atomic E-state index is 7.10. The first-order valence-electron chi connectivity index (χ1n) is 15.8. The average Bonchev–Trinajstić information content (AvgIpc) is 3.80. The summed E-state index contributed by atoms with van der Waals surface area (Å²) < 4.78 is 75.3. The Bertz CT molecular complexity index is 3250. The average molecular weight is 1970 g/mol. The summed E-state index contributed by atoms with van der Waals surface area (Å²) in [5, 5.41) is 10.1. The largest absolute Gasteiger partial charge is 0.455 e. The zero-order valence-electron chi connectivity index (χ0n) is 29.5. The molecule has 0 aliphatic carbocycles. The van der Waals surface area contributed by atoms with E-state index >= 15 is 0 Å². The molecule has 0 aliphatic heterocycles. The Labute approximate surface area is 438 Å². The molecule has 0 N–H and O–H groups in total. The molecule has 0 aliphatic rings. The van der Waals surface area contributed by atoms with Crippen molar-refractivity contribution in [2.75, 3.05) is 0 Å². The Morgan fingerprint density at radius 2 is 0.750 bits per heavy atom. The molecule has 0 atom stereocenters. The standard InChI is InChI=1S/C43H29I11O2/c1-18-25-28(31(44)38(51-8)39(52-9)33(25)46-3)42-26(32(18)45-2)21-14-12-19(16-23(21)55-42)20-13-15-22-24(17-20)56-43-27(22)34(47-4)35(48-5)29-30(43)37(50-7)41(54-11)40(53-10)36(29)49-6/h12-17H,2-11H2,1H3. The second kappa shape index (κ2) is 18.7. The van der Waals surface area contributed by atoms with Gasteiger partial charge in [0.25, 0.3) is 0 Å². The van der Waals surface area contributed by atoms with Crippen molar-refractivity contribution in [3.05, 3.63) is 81.2 Å². The minimum absolute atomic E-state index is 0.339. The lowest BCUT2D eigenvalue weighted by Crippen LogP contribution is -2.00.